The van der Waals surface area contributed by atoms with Crippen LogP contribution in [0.15, 0.2) is 12.7 Å². The average Bonchev–Trinajstić information content (AvgIpc) is 2.46. The third-order valence-electron chi connectivity index (χ3n) is 3.18. The van der Waals surface area contributed by atoms with Gasteiger partial charge in [0.25, 0.3) is 0 Å². The molecule has 0 aromatic heterocycles. The normalized spacial score (nSPS) is 11.7. The van der Waals surface area contributed by atoms with Crippen molar-refractivity contribution in [1.82, 2.24) is 10.6 Å². The third kappa shape index (κ3) is 13.2. The van der Waals surface area contributed by atoms with Gasteiger partial charge in [0, 0.05) is 19.5 Å². The molecule has 6 nitrogen and oxygen atoms in total. The number of amides is 2. The second-order valence-corrected chi connectivity index (χ2v) is 4.87. The van der Waals surface area contributed by atoms with E-state index in [1.807, 2.05) is 6.92 Å². The van der Waals surface area contributed by atoms with Crippen LogP contribution >= 0.6 is 0 Å². The number of urea groups is 1. The smallest absolute Gasteiger partial charge is 0.314 e. The van der Waals surface area contributed by atoms with Crippen LogP contribution < -0.4 is 10.6 Å². The van der Waals surface area contributed by atoms with E-state index in [9.17, 15) is 9.59 Å². The first-order valence-corrected chi connectivity index (χ1v) is 7.52. The van der Waals surface area contributed by atoms with Crippen molar-refractivity contribution >= 4 is 12.0 Å². The zero-order valence-electron chi connectivity index (χ0n) is 12.9. The summed E-state index contributed by atoms with van der Waals surface area (Å²) in [5.74, 6) is -0.431. The van der Waals surface area contributed by atoms with Gasteiger partial charge in [-0.05, 0) is 25.2 Å². The van der Waals surface area contributed by atoms with Crippen LogP contribution in [0.4, 0.5) is 4.79 Å². The van der Waals surface area contributed by atoms with Gasteiger partial charge in [0.05, 0.1) is 13.2 Å². The second-order valence-electron chi connectivity index (χ2n) is 4.87. The van der Waals surface area contributed by atoms with E-state index in [1.54, 1.807) is 6.08 Å². The summed E-state index contributed by atoms with van der Waals surface area (Å²) < 4.78 is 5.27. The van der Waals surface area contributed by atoms with Crippen molar-refractivity contribution in [3.8, 4) is 0 Å². The number of carbonyl (C=O) groups excluding carboxylic acids is 1. The molecule has 3 N–H and O–H groups in total. The predicted molar refractivity (Wildman–Crippen MR) is 82.3 cm³/mol. The lowest BCUT2D eigenvalue weighted by molar-refractivity contribution is -0.137. The van der Waals surface area contributed by atoms with Crippen LogP contribution in [0.2, 0.25) is 0 Å². The second kappa shape index (κ2) is 13.4. The molecular formula is C15H28N2O4. The van der Waals surface area contributed by atoms with Crippen molar-refractivity contribution in [2.24, 2.45) is 5.92 Å². The van der Waals surface area contributed by atoms with Crippen molar-refractivity contribution in [3.63, 3.8) is 0 Å². The molecule has 6 heteroatoms. The summed E-state index contributed by atoms with van der Waals surface area (Å²) in [6, 6.07) is -0.213. The topological polar surface area (TPSA) is 87.7 Å². The highest BCUT2D eigenvalue weighted by Gasteiger charge is 2.09. The minimum atomic E-state index is -0.768. The van der Waals surface area contributed by atoms with E-state index in [2.05, 4.69) is 17.2 Å². The highest BCUT2D eigenvalue weighted by atomic mass is 16.5. The van der Waals surface area contributed by atoms with Crippen LogP contribution in [0.3, 0.4) is 0 Å². The summed E-state index contributed by atoms with van der Waals surface area (Å²) in [6.07, 6.45) is 5.16. The molecule has 0 rings (SSSR count). The first-order valence-electron chi connectivity index (χ1n) is 7.52. The SMILES string of the molecule is C=CCCOCCNC(=O)NCCC(CC)CCC(=O)O. The Morgan fingerprint density at radius 3 is 2.57 bits per heavy atom. The Balaban J connectivity index is 3.54. The molecule has 1 unspecified atom stereocenters. The summed E-state index contributed by atoms with van der Waals surface area (Å²) in [7, 11) is 0. The van der Waals surface area contributed by atoms with Crippen LogP contribution in [-0.2, 0) is 9.53 Å². The van der Waals surface area contributed by atoms with Crippen molar-refractivity contribution < 1.29 is 19.4 Å². The average molecular weight is 300 g/mol. The number of carboxylic acid groups (broad SMARTS) is 1. The highest BCUT2D eigenvalue weighted by molar-refractivity contribution is 5.73. The van der Waals surface area contributed by atoms with E-state index >= 15 is 0 Å². The fraction of sp³-hybridized carbons (Fsp3) is 0.733. The fourth-order valence-electron chi connectivity index (χ4n) is 1.84. The molecule has 0 aromatic carbocycles. The van der Waals surface area contributed by atoms with Gasteiger partial charge in [-0.2, -0.15) is 0 Å². The summed E-state index contributed by atoms with van der Waals surface area (Å²) >= 11 is 0. The molecule has 2 amide bonds. The largest absolute Gasteiger partial charge is 0.481 e. The Kier molecular flexibility index (Phi) is 12.4. The molecular weight excluding hydrogens is 272 g/mol. The van der Waals surface area contributed by atoms with Gasteiger partial charge in [0.1, 0.15) is 0 Å². The Hall–Kier alpha value is -1.56. The van der Waals surface area contributed by atoms with Crippen LogP contribution in [0.5, 0.6) is 0 Å². The molecule has 0 radical (unpaired) electrons. The number of carboxylic acids is 1. The van der Waals surface area contributed by atoms with Crippen molar-refractivity contribution in [2.45, 2.75) is 39.0 Å². The fourth-order valence-corrected chi connectivity index (χ4v) is 1.84. The van der Waals surface area contributed by atoms with E-state index in [-0.39, 0.29) is 12.5 Å². The molecule has 0 fully saturated rings. The van der Waals surface area contributed by atoms with Gasteiger partial charge >= 0.3 is 12.0 Å². The lowest BCUT2D eigenvalue weighted by Gasteiger charge is -2.14. The van der Waals surface area contributed by atoms with E-state index < -0.39 is 5.97 Å². The third-order valence-corrected chi connectivity index (χ3v) is 3.18. The van der Waals surface area contributed by atoms with Gasteiger partial charge in [-0.3, -0.25) is 4.79 Å². The molecule has 0 saturated carbocycles. The molecule has 0 saturated heterocycles. The molecule has 0 aliphatic rings. The van der Waals surface area contributed by atoms with E-state index in [0.29, 0.717) is 38.6 Å². The minimum absolute atomic E-state index is 0.187. The van der Waals surface area contributed by atoms with Gasteiger partial charge in [-0.1, -0.05) is 19.4 Å². The van der Waals surface area contributed by atoms with Crippen molar-refractivity contribution in [3.05, 3.63) is 12.7 Å². The van der Waals surface area contributed by atoms with Crippen molar-refractivity contribution in [2.75, 3.05) is 26.3 Å². The van der Waals surface area contributed by atoms with Gasteiger partial charge in [-0.15, -0.1) is 6.58 Å². The molecule has 21 heavy (non-hydrogen) atoms. The monoisotopic (exact) mass is 300 g/mol. The number of rotatable bonds is 13. The molecule has 0 bridgehead atoms. The number of aliphatic carboxylic acids is 1. The van der Waals surface area contributed by atoms with E-state index in [1.165, 1.54) is 0 Å². The lowest BCUT2D eigenvalue weighted by Crippen LogP contribution is -2.38. The minimum Gasteiger partial charge on any atom is -0.481 e. The summed E-state index contributed by atoms with van der Waals surface area (Å²) in [5, 5.41) is 14.1. The summed E-state index contributed by atoms with van der Waals surface area (Å²) in [5.41, 5.74) is 0. The van der Waals surface area contributed by atoms with Gasteiger partial charge < -0.3 is 20.5 Å². The van der Waals surface area contributed by atoms with Gasteiger partial charge in [0.15, 0.2) is 0 Å². The maximum absolute atomic E-state index is 11.5. The van der Waals surface area contributed by atoms with Gasteiger partial charge in [-0.25, -0.2) is 4.79 Å². The summed E-state index contributed by atoms with van der Waals surface area (Å²) in [6.45, 7) is 7.76. The Labute approximate surface area is 126 Å². The molecule has 0 aromatic rings. The van der Waals surface area contributed by atoms with E-state index in [4.69, 9.17) is 9.84 Å². The van der Waals surface area contributed by atoms with Gasteiger partial charge in [0.2, 0.25) is 0 Å². The Morgan fingerprint density at radius 2 is 1.95 bits per heavy atom. The standard InChI is InChI=1S/C15H28N2O4/c1-3-5-11-21-12-10-17-15(20)16-9-8-13(4-2)6-7-14(18)19/h3,13H,1,4-12H2,2H3,(H,18,19)(H2,16,17,20). The maximum Gasteiger partial charge on any atom is 0.314 e. The van der Waals surface area contributed by atoms with Crippen molar-refractivity contribution in [1.29, 1.82) is 0 Å². The van der Waals surface area contributed by atoms with Crippen LogP contribution in [0.1, 0.15) is 39.0 Å². The van der Waals surface area contributed by atoms with E-state index in [0.717, 1.165) is 19.3 Å². The molecule has 0 aliphatic heterocycles. The predicted octanol–water partition coefficient (Wildman–Crippen LogP) is 2.16. The zero-order chi connectivity index (χ0) is 15.9. The van der Waals surface area contributed by atoms with Crippen LogP contribution in [0, 0.1) is 5.92 Å². The number of hydrogen-bond acceptors (Lipinski definition) is 3. The molecule has 0 spiro atoms. The Bertz CT molecular complexity index is 308. The lowest BCUT2D eigenvalue weighted by atomic mass is 9.97. The number of hydrogen-bond donors (Lipinski definition) is 3. The molecule has 0 aliphatic carbocycles. The molecule has 122 valence electrons. The zero-order valence-corrected chi connectivity index (χ0v) is 12.9. The highest BCUT2D eigenvalue weighted by Crippen LogP contribution is 2.14. The maximum atomic E-state index is 11.5. The van der Waals surface area contributed by atoms with Crippen LogP contribution in [0.25, 0.3) is 0 Å². The molecule has 0 heterocycles. The first kappa shape index (κ1) is 19.4. The molecule has 1 atom stereocenters. The number of nitrogens with one attached hydrogen (secondary N) is 2. The Morgan fingerprint density at radius 1 is 1.24 bits per heavy atom. The quantitative estimate of drug-likeness (QED) is 0.359. The number of ether oxygens (including phenoxy) is 1. The summed E-state index contributed by atoms with van der Waals surface area (Å²) in [4.78, 5) is 22.0. The number of carbonyl (C=O) groups is 2. The first-order chi connectivity index (χ1) is 10.1. The van der Waals surface area contributed by atoms with Crippen LogP contribution in [-0.4, -0.2) is 43.4 Å².